The van der Waals surface area contributed by atoms with Gasteiger partial charge >= 0.3 is 5.97 Å². The molecule has 1 heterocycles. The Labute approximate surface area is 100 Å². The lowest BCUT2D eigenvalue weighted by molar-refractivity contribution is -0.138. The molecule has 4 heteroatoms. The minimum atomic E-state index is -0.234. The highest BCUT2D eigenvalue weighted by Gasteiger charge is 2.19. The third kappa shape index (κ3) is 2.39. The lowest BCUT2D eigenvalue weighted by Gasteiger charge is -2.30. The number of aryl methyl sites for hydroxylation is 1. The summed E-state index contributed by atoms with van der Waals surface area (Å²) in [7, 11) is 1.39. The Morgan fingerprint density at radius 1 is 1.59 bits per heavy atom. The molecule has 0 amide bonds. The van der Waals surface area contributed by atoms with Gasteiger partial charge in [-0.2, -0.15) is 5.26 Å². The Bertz CT molecular complexity index is 477. The summed E-state index contributed by atoms with van der Waals surface area (Å²) in [5.74, 6) is -0.234. The first kappa shape index (κ1) is 11.5. The molecule has 1 aromatic rings. The van der Waals surface area contributed by atoms with Crippen molar-refractivity contribution in [2.24, 2.45) is 0 Å². The number of nitrogens with zero attached hydrogens (tertiary/aromatic N) is 2. The molecule has 0 radical (unpaired) electrons. The number of esters is 1. The molecule has 4 nitrogen and oxygen atoms in total. The van der Waals surface area contributed by atoms with E-state index < -0.39 is 0 Å². The van der Waals surface area contributed by atoms with E-state index in [2.05, 4.69) is 10.8 Å². The minimum Gasteiger partial charge on any atom is -0.468 e. The summed E-state index contributed by atoms with van der Waals surface area (Å²) in [5, 5.41) is 8.85. The summed E-state index contributed by atoms with van der Waals surface area (Å²) >= 11 is 0. The van der Waals surface area contributed by atoms with Crippen LogP contribution in [0.1, 0.15) is 17.5 Å². The summed E-state index contributed by atoms with van der Waals surface area (Å²) < 4.78 is 4.68. The third-order valence-electron chi connectivity index (χ3n) is 2.97. The first-order valence-corrected chi connectivity index (χ1v) is 5.59. The largest absolute Gasteiger partial charge is 0.468 e. The SMILES string of the molecule is COC(=O)CN1CCCc2cc(C#N)ccc21. The zero-order chi connectivity index (χ0) is 12.3. The molecule has 0 unspecified atom stereocenters. The second-order valence-corrected chi connectivity index (χ2v) is 4.06. The standard InChI is InChI=1S/C13H14N2O2/c1-17-13(16)9-15-6-2-3-11-7-10(8-14)4-5-12(11)15/h4-5,7H,2-3,6,9H2,1H3. The van der Waals surface area contributed by atoms with Crippen LogP contribution in [0.3, 0.4) is 0 Å². The molecule has 0 bridgehead atoms. The van der Waals surface area contributed by atoms with E-state index in [-0.39, 0.29) is 12.5 Å². The van der Waals surface area contributed by atoms with Gasteiger partial charge in [0.25, 0.3) is 0 Å². The summed E-state index contributed by atoms with van der Waals surface area (Å²) in [5.41, 5.74) is 2.85. The Morgan fingerprint density at radius 3 is 3.12 bits per heavy atom. The maximum absolute atomic E-state index is 11.3. The Balaban J connectivity index is 2.26. The van der Waals surface area contributed by atoms with Crippen molar-refractivity contribution >= 4 is 11.7 Å². The van der Waals surface area contributed by atoms with E-state index in [1.807, 2.05) is 17.0 Å². The third-order valence-corrected chi connectivity index (χ3v) is 2.97. The van der Waals surface area contributed by atoms with Crippen LogP contribution in [-0.2, 0) is 16.0 Å². The molecule has 0 aromatic heterocycles. The molecule has 1 aliphatic rings. The normalized spacial score (nSPS) is 13.8. The van der Waals surface area contributed by atoms with Gasteiger partial charge in [0.1, 0.15) is 6.54 Å². The molecule has 17 heavy (non-hydrogen) atoms. The lowest BCUT2D eigenvalue weighted by Crippen LogP contribution is -2.34. The number of carbonyl (C=O) groups excluding carboxylic acids is 1. The number of fused-ring (bicyclic) bond motifs is 1. The van der Waals surface area contributed by atoms with Crippen LogP contribution in [0.4, 0.5) is 5.69 Å². The molecule has 0 saturated heterocycles. The van der Waals surface area contributed by atoms with Crippen LogP contribution in [0, 0.1) is 11.3 Å². The molecule has 0 saturated carbocycles. The van der Waals surface area contributed by atoms with Crippen LogP contribution in [0.2, 0.25) is 0 Å². The average Bonchev–Trinajstić information content (AvgIpc) is 2.38. The van der Waals surface area contributed by atoms with Crippen LogP contribution in [-0.4, -0.2) is 26.2 Å². The maximum atomic E-state index is 11.3. The fourth-order valence-electron chi connectivity index (χ4n) is 2.13. The summed E-state index contributed by atoms with van der Waals surface area (Å²) in [6, 6.07) is 7.73. The van der Waals surface area contributed by atoms with E-state index in [1.54, 1.807) is 6.07 Å². The predicted octanol–water partition coefficient (Wildman–Crippen LogP) is 1.48. The predicted molar refractivity (Wildman–Crippen MR) is 63.7 cm³/mol. The van der Waals surface area contributed by atoms with Gasteiger partial charge < -0.3 is 9.64 Å². The molecule has 1 aromatic carbocycles. The highest BCUT2D eigenvalue weighted by Crippen LogP contribution is 2.27. The molecule has 0 fully saturated rings. The Kier molecular flexibility index (Phi) is 3.29. The van der Waals surface area contributed by atoms with Gasteiger partial charge in [-0.25, -0.2) is 0 Å². The fraction of sp³-hybridized carbons (Fsp3) is 0.385. The van der Waals surface area contributed by atoms with E-state index in [0.29, 0.717) is 5.56 Å². The van der Waals surface area contributed by atoms with Crippen LogP contribution >= 0.6 is 0 Å². The molecule has 0 spiro atoms. The topological polar surface area (TPSA) is 53.3 Å². The molecule has 0 N–H and O–H groups in total. The van der Waals surface area contributed by atoms with Crippen molar-refractivity contribution in [3.05, 3.63) is 29.3 Å². The molecule has 2 rings (SSSR count). The number of anilines is 1. The summed E-state index contributed by atoms with van der Waals surface area (Å²) in [6.45, 7) is 1.13. The summed E-state index contributed by atoms with van der Waals surface area (Å²) in [6.07, 6.45) is 1.96. The second kappa shape index (κ2) is 4.88. The first-order chi connectivity index (χ1) is 8.24. The monoisotopic (exact) mass is 230 g/mol. The molecule has 1 aliphatic heterocycles. The lowest BCUT2D eigenvalue weighted by atomic mass is 9.99. The summed E-state index contributed by atoms with van der Waals surface area (Å²) in [4.78, 5) is 13.3. The number of hydrogen-bond acceptors (Lipinski definition) is 4. The molecular weight excluding hydrogens is 216 g/mol. The van der Waals surface area contributed by atoms with Crippen molar-refractivity contribution in [2.75, 3.05) is 25.1 Å². The smallest absolute Gasteiger partial charge is 0.325 e. The number of nitriles is 1. The van der Waals surface area contributed by atoms with Gasteiger partial charge in [-0.3, -0.25) is 4.79 Å². The molecule has 0 atom stereocenters. The second-order valence-electron chi connectivity index (χ2n) is 4.06. The molecule has 0 aliphatic carbocycles. The number of benzene rings is 1. The average molecular weight is 230 g/mol. The van der Waals surface area contributed by atoms with E-state index in [0.717, 1.165) is 30.6 Å². The van der Waals surface area contributed by atoms with Crippen molar-refractivity contribution in [1.29, 1.82) is 5.26 Å². The zero-order valence-corrected chi connectivity index (χ0v) is 9.77. The van der Waals surface area contributed by atoms with E-state index in [1.165, 1.54) is 7.11 Å². The molecule has 88 valence electrons. The van der Waals surface area contributed by atoms with Gasteiger partial charge in [-0.05, 0) is 36.6 Å². The van der Waals surface area contributed by atoms with Gasteiger partial charge in [0.05, 0.1) is 18.7 Å². The van der Waals surface area contributed by atoms with Crippen molar-refractivity contribution < 1.29 is 9.53 Å². The van der Waals surface area contributed by atoms with Gasteiger partial charge in [0, 0.05) is 12.2 Å². The van der Waals surface area contributed by atoms with Gasteiger partial charge in [0.2, 0.25) is 0 Å². The fourth-order valence-corrected chi connectivity index (χ4v) is 2.13. The van der Waals surface area contributed by atoms with E-state index in [9.17, 15) is 4.79 Å². The maximum Gasteiger partial charge on any atom is 0.325 e. The number of hydrogen-bond donors (Lipinski definition) is 0. The van der Waals surface area contributed by atoms with Gasteiger partial charge in [-0.15, -0.1) is 0 Å². The highest BCUT2D eigenvalue weighted by molar-refractivity contribution is 5.76. The number of methoxy groups -OCH3 is 1. The minimum absolute atomic E-state index is 0.234. The zero-order valence-electron chi connectivity index (χ0n) is 9.77. The van der Waals surface area contributed by atoms with Gasteiger partial charge in [-0.1, -0.05) is 0 Å². The van der Waals surface area contributed by atoms with Crippen LogP contribution in [0.25, 0.3) is 0 Å². The van der Waals surface area contributed by atoms with Gasteiger partial charge in [0.15, 0.2) is 0 Å². The number of rotatable bonds is 2. The van der Waals surface area contributed by atoms with Crippen molar-refractivity contribution in [3.63, 3.8) is 0 Å². The van der Waals surface area contributed by atoms with Crippen LogP contribution in [0.5, 0.6) is 0 Å². The number of ether oxygens (including phenoxy) is 1. The first-order valence-electron chi connectivity index (χ1n) is 5.59. The quantitative estimate of drug-likeness (QED) is 0.722. The number of carbonyl (C=O) groups is 1. The Hall–Kier alpha value is -2.02. The van der Waals surface area contributed by atoms with Crippen molar-refractivity contribution in [3.8, 4) is 6.07 Å². The van der Waals surface area contributed by atoms with E-state index in [4.69, 9.17) is 5.26 Å². The van der Waals surface area contributed by atoms with Crippen LogP contribution < -0.4 is 4.90 Å². The van der Waals surface area contributed by atoms with E-state index >= 15 is 0 Å². The Morgan fingerprint density at radius 2 is 2.41 bits per heavy atom. The van der Waals surface area contributed by atoms with Crippen molar-refractivity contribution in [1.82, 2.24) is 0 Å². The highest BCUT2D eigenvalue weighted by atomic mass is 16.5. The van der Waals surface area contributed by atoms with Crippen molar-refractivity contribution in [2.45, 2.75) is 12.8 Å². The molecular formula is C13H14N2O2. The van der Waals surface area contributed by atoms with Crippen LogP contribution in [0.15, 0.2) is 18.2 Å².